The van der Waals surface area contributed by atoms with Gasteiger partial charge in [0.15, 0.2) is 0 Å². The molecule has 0 spiro atoms. The zero-order chi connectivity index (χ0) is 10.7. The Bertz CT molecular complexity index is 332. The number of aryl methyl sites for hydroxylation is 1. The number of aromatic nitrogens is 1. The minimum Gasteiger partial charge on any atom is -0.330 e. The van der Waals surface area contributed by atoms with E-state index in [1.165, 1.54) is 30.0 Å². The van der Waals surface area contributed by atoms with Gasteiger partial charge in [0, 0.05) is 23.3 Å². The average molecular weight is 222 g/mol. The Morgan fingerprint density at radius 2 is 2.13 bits per heavy atom. The Balaban J connectivity index is 2.32. The minimum atomic E-state index is 0.150. The minimum absolute atomic E-state index is 0.150. The molecular weight excluding hydrogens is 204 g/mol. The number of pyridine rings is 1. The highest BCUT2D eigenvalue weighted by atomic mass is 32.2. The summed E-state index contributed by atoms with van der Waals surface area (Å²) in [6.45, 7) is 2.77. The van der Waals surface area contributed by atoms with E-state index in [4.69, 9.17) is 5.73 Å². The second-order valence-corrected chi connectivity index (χ2v) is 5.49. The summed E-state index contributed by atoms with van der Waals surface area (Å²) in [6.07, 6.45) is 2.34. The van der Waals surface area contributed by atoms with E-state index in [9.17, 15) is 0 Å². The summed E-state index contributed by atoms with van der Waals surface area (Å²) in [6, 6.07) is 6.28. The van der Waals surface area contributed by atoms with E-state index in [2.05, 4.69) is 17.1 Å². The van der Waals surface area contributed by atoms with Crippen molar-refractivity contribution in [3.05, 3.63) is 29.6 Å². The zero-order valence-corrected chi connectivity index (χ0v) is 10.0. The lowest BCUT2D eigenvalue weighted by molar-refractivity contribution is 0.393. The maximum atomic E-state index is 5.97. The third-order valence-corrected chi connectivity index (χ3v) is 4.26. The van der Waals surface area contributed by atoms with Gasteiger partial charge in [0.25, 0.3) is 0 Å². The van der Waals surface area contributed by atoms with Crippen LogP contribution in [-0.4, -0.2) is 23.0 Å². The molecule has 82 valence electrons. The van der Waals surface area contributed by atoms with Crippen LogP contribution in [0.3, 0.4) is 0 Å². The molecule has 3 heteroatoms. The number of thioether (sulfide) groups is 1. The van der Waals surface area contributed by atoms with Crippen LogP contribution < -0.4 is 5.73 Å². The van der Waals surface area contributed by atoms with E-state index in [-0.39, 0.29) is 5.41 Å². The van der Waals surface area contributed by atoms with E-state index < -0.39 is 0 Å². The Morgan fingerprint density at radius 3 is 2.73 bits per heavy atom. The molecule has 0 aromatic carbocycles. The number of nitrogens with zero attached hydrogens (tertiary/aromatic N) is 1. The molecule has 0 saturated carbocycles. The largest absolute Gasteiger partial charge is 0.330 e. The highest BCUT2D eigenvalue weighted by Gasteiger charge is 2.33. The summed E-state index contributed by atoms with van der Waals surface area (Å²) in [5.41, 5.74) is 8.42. The van der Waals surface area contributed by atoms with E-state index in [1.807, 2.05) is 24.8 Å². The Labute approximate surface area is 95.7 Å². The van der Waals surface area contributed by atoms with Gasteiger partial charge in [0.05, 0.1) is 0 Å². The third kappa shape index (κ3) is 2.18. The van der Waals surface area contributed by atoms with E-state index in [0.717, 1.165) is 12.2 Å². The van der Waals surface area contributed by atoms with Gasteiger partial charge in [-0.3, -0.25) is 4.98 Å². The summed E-state index contributed by atoms with van der Waals surface area (Å²) in [5.74, 6) is 2.43. The molecule has 2 heterocycles. The molecule has 1 aliphatic rings. The summed E-state index contributed by atoms with van der Waals surface area (Å²) in [4.78, 5) is 4.65. The molecular formula is C12H18N2S. The fourth-order valence-corrected chi connectivity index (χ4v) is 3.44. The van der Waals surface area contributed by atoms with E-state index in [1.54, 1.807) is 0 Å². The standard InChI is InChI=1S/C12H18N2S/c1-10-3-2-4-11(14-10)12(9-13)5-7-15-8-6-12/h2-4H,5-9,13H2,1H3. The molecule has 0 unspecified atom stereocenters. The van der Waals surface area contributed by atoms with Crippen molar-refractivity contribution in [2.45, 2.75) is 25.2 Å². The van der Waals surface area contributed by atoms with Crippen molar-refractivity contribution in [1.82, 2.24) is 4.98 Å². The van der Waals surface area contributed by atoms with Gasteiger partial charge in [0.2, 0.25) is 0 Å². The summed E-state index contributed by atoms with van der Waals surface area (Å²) in [7, 11) is 0. The van der Waals surface area contributed by atoms with E-state index >= 15 is 0 Å². The predicted molar refractivity (Wildman–Crippen MR) is 66.3 cm³/mol. The van der Waals surface area contributed by atoms with Gasteiger partial charge < -0.3 is 5.73 Å². The molecule has 0 radical (unpaired) electrons. The van der Waals surface area contributed by atoms with Crippen LogP contribution in [0.15, 0.2) is 18.2 Å². The molecule has 0 aliphatic carbocycles. The molecule has 15 heavy (non-hydrogen) atoms. The maximum Gasteiger partial charge on any atom is 0.0481 e. The summed E-state index contributed by atoms with van der Waals surface area (Å²) < 4.78 is 0. The second-order valence-electron chi connectivity index (χ2n) is 4.26. The third-order valence-electron chi connectivity index (χ3n) is 3.27. The molecule has 1 aromatic heterocycles. The van der Waals surface area contributed by atoms with Crippen molar-refractivity contribution in [3.8, 4) is 0 Å². The first-order chi connectivity index (χ1) is 7.27. The molecule has 2 N–H and O–H groups in total. The highest BCUT2D eigenvalue weighted by molar-refractivity contribution is 7.99. The molecule has 0 bridgehead atoms. The fraction of sp³-hybridized carbons (Fsp3) is 0.583. The Kier molecular flexibility index (Phi) is 3.32. The van der Waals surface area contributed by atoms with Gasteiger partial charge >= 0.3 is 0 Å². The summed E-state index contributed by atoms with van der Waals surface area (Å²) in [5, 5.41) is 0. The van der Waals surface area contributed by atoms with Gasteiger partial charge in [-0.1, -0.05) is 6.07 Å². The van der Waals surface area contributed by atoms with Crippen molar-refractivity contribution >= 4 is 11.8 Å². The van der Waals surface area contributed by atoms with Crippen LogP contribution in [0.4, 0.5) is 0 Å². The average Bonchev–Trinajstić information content (AvgIpc) is 2.30. The van der Waals surface area contributed by atoms with Gasteiger partial charge in [-0.2, -0.15) is 11.8 Å². The molecule has 1 aromatic rings. The van der Waals surface area contributed by atoms with Crippen molar-refractivity contribution in [2.75, 3.05) is 18.1 Å². The SMILES string of the molecule is Cc1cccc(C2(CN)CCSCC2)n1. The van der Waals surface area contributed by atoms with Gasteiger partial charge in [-0.05, 0) is 43.4 Å². The fourth-order valence-electron chi connectivity index (χ4n) is 2.17. The molecule has 1 saturated heterocycles. The van der Waals surface area contributed by atoms with Crippen molar-refractivity contribution in [2.24, 2.45) is 5.73 Å². The van der Waals surface area contributed by atoms with Gasteiger partial charge in [-0.25, -0.2) is 0 Å². The number of hydrogen-bond donors (Lipinski definition) is 1. The predicted octanol–water partition coefficient (Wildman–Crippen LogP) is 2.11. The van der Waals surface area contributed by atoms with Crippen LogP contribution in [0.25, 0.3) is 0 Å². The first-order valence-electron chi connectivity index (χ1n) is 5.49. The monoisotopic (exact) mass is 222 g/mol. The molecule has 0 amide bonds. The molecule has 2 rings (SSSR count). The Morgan fingerprint density at radius 1 is 1.40 bits per heavy atom. The molecule has 0 atom stereocenters. The van der Waals surface area contributed by atoms with Crippen molar-refractivity contribution in [3.63, 3.8) is 0 Å². The van der Waals surface area contributed by atoms with Crippen LogP contribution >= 0.6 is 11.8 Å². The molecule has 2 nitrogen and oxygen atoms in total. The quantitative estimate of drug-likeness (QED) is 0.833. The van der Waals surface area contributed by atoms with Crippen molar-refractivity contribution < 1.29 is 0 Å². The molecule has 1 fully saturated rings. The highest BCUT2D eigenvalue weighted by Crippen LogP contribution is 2.36. The van der Waals surface area contributed by atoms with Crippen LogP contribution in [0.1, 0.15) is 24.2 Å². The zero-order valence-electron chi connectivity index (χ0n) is 9.20. The van der Waals surface area contributed by atoms with E-state index in [0.29, 0.717) is 0 Å². The Hall–Kier alpha value is -0.540. The lowest BCUT2D eigenvalue weighted by atomic mass is 9.78. The lowest BCUT2D eigenvalue weighted by Gasteiger charge is -2.35. The smallest absolute Gasteiger partial charge is 0.0481 e. The molecule has 1 aliphatic heterocycles. The first-order valence-corrected chi connectivity index (χ1v) is 6.64. The second kappa shape index (κ2) is 4.54. The number of rotatable bonds is 2. The van der Waals surface area contributed by atoms with Gasteiger partial charge in [0.1, 0.15) is 0 Å². The lowest BCUT2D eigenvalue weighted by Crippen LogP contribution is -2.39. The summed E-state index contributed by atoms with van der Waals surface area (Å²) >= 11 is 2.03. The van der Waals surface area contributed by atoms with Crippen LogP contribution in [-0.2, 0) is 5.41 Å². The normalized spacial score (nSPS) is 20.1. The van der Waals surface area contributed by atoms with Gasteiger partial charge in [-0.15, -0.1) is 0 Å². The number of hydrogen-bond acceptors (Lipinski definition) is 3. The van der Waals surface area contributed by atoms with Crippen LogP contribution in [0.5, 0.6) is 0 Å². The van der Waals surface area contributed by atoms with Crippen LogP contribution in [0.2, 0.25) is 0 Å². The number of nitrogens with two attached hydrogens (primary N) is 1. The topological polar surface area (TPSA) is 38.9 Å². The van der Waals surface area contributed by atoms with Crippen molar-refractivity contribution in [1.29, 1.82) is 0 Å². The maximum absolute atomic E-state index is 5.97. The van der Waals surface area contributed by atoms with Crippen LogP contribution in [0, 0.1) is 6.92 Å². The first kappa shape index (κ1) is 11.0.